The molecule has 4 heterocycles. The molecule has 10 nitrogen and oxygen atoms in total. The van der Waals surface area contributed by atoms with Crippen molar-refractivity contribution in [2.75, 3.05) is 27.1 Å². The van der Waals surface area contributed by atoms with Crippen LogP contribution in [0.1, 0.15) is 35.3 Å². The molecular weight excluding hydrogens is 551 g/mol. The molecule has 2 aliphatic rings. The molecule has 2 fully saturated rings. The summed E-state index contributed by atoms with van der Waals surface area (Å²) in [6.07, 6.45) is 3.19. The second-order valence-electron chi connectivity index (χ2n) is 9.37. The molecule has 0 saturated carbocycles. The zero-order valence-electron chi connectivity index (χ0n) is 21.0. The summed E-state index contributed by atoms with van der Waals surface area (Å²) in [4.78, 5) is 41.2. The van der Waals surface area contributed by atoms with Gasteiger partial charge in [0.1, 0.15) is 11.4 Å². The van der Waals surface area contributed by atoms with Crippen LogP contribution in [0, 0.1) is 11.7 Å². The summed E-state index contributed by atoms with van der Waals surface area (Å²) in [6, 6.07) is 3.82. The molecular formula is C26H26ClFN4O6S. The van der Waals surface area contributed by atoms with E-state index in [2.05, 4.69) is 14.9 Å². The van der Waals surface area contributed by atoms with Gasteiger partial charge in [-0.3, -0.25) is 9.69 Å². The Morgan fingerprint density at radius 1 is 1.26 bits per heavy atom. The molecule has 0 amide bonds. The molecule has 2 aromatic heterocycles. The lowest BCUT2D eigenvalue weighted by Crippen LogP contribution is -2.56. The van der Waals surface area contributed by atoms with E-state index in [0.29, 0.717) is 48.1 Å². The second kappa shape index (κ2) is 12.0. The number of ether oxygens (including phenoxy) is 3. The van der Waals surface area contributed by atoms with Gasteiger partial charge in [0.2, 0.25) is 0 Å². The molecule has 2 saturated heterocycles. The molecule has 3 aromatic rings. The molecule has 3 atom stereocenters. The number of nitrogens with zero attached hydrogens (tertiary/aromatic N) is 4. The van der Waals surface area contributed by atoms with Gasteiger partial charge in [-0.1, -0.05) is 11.6 Å². The number of carbonyl (C=O) groups excluding carboxylic acids is 2. The number of aromatic nitrogens is 3. The molecule has 0 radical (unpaired) electrons. The van der Waals surface area contributed by atoms with Crippen LogP contribution in [0.15, 0.2) is 29.8 Å². The van der Waals surface area contributed by atoms with Gasteiger partial charge in [0.15, 0.2) is 17.6 Å². The zero-order chi connectivity index (χ0) is 27.5. The van der Waals surface area contributed by atoms with Crippen LogP contribution in [-0.2, 0) is 25.5 Å². The highest BCUT2D eigenvalue weighted by molar-refractivity contribution is 7.13. The topological polar surface area (TPSA) is 124 Å². The number of hydrogen-bond donors (Lipinski definition) is 1. The molecule has 1 N–H and O–H groups in total. The van der Waals surface area contributed by atoms with E-state index in [0.717, 1.165) is 6.07 Å². The molecule has 13 heteroatoms. The Morgan fingerprint density at radius 3 is 2.67 bits per heavy atom. The Hall–Kier alpha value is -3.03. The standard InChI is InChI=1S/C26H26ClFN4O6S/c1-36-26(35)22-20(10-32-16-6-14(8-21(34)38-13-33)7-17(32)12-37-11-16)30-24(25-29-4-5-39-25)31-23(22)18-3-2-15(28)9-19(18)27/h2-5,9,14,16-17,33H,6-8,10-13H2,1H3/t14?,16-,17?/m1/s1. The van der Waals surface area contributed by atoms with Gasteiger partial charge < -0.3 is 19.3 Å². The van der Waals surface area contributed by atoms with E-state index >= 15 is 0 Å². The lowest BCUT2D eigenvalue weighted by Gasteiger charge is -2.48. The third-order valence-corrected chi connectivity index (χ3v) is 8.05. The summed E-state index contributed by atoms with van der Waals surface area (Å²) in [6.45, 7) is 0.552. The fraction of sp³-hybridized carbons (Fsp3) is 0.423. The van der Waals surface area contributed by atoms with E-state index in [9.17, 15) is 14.0 Å². The Balaban J connectivity index is 1.56. The van der Waals surface area contributed by atoms with Crippen molar-refractivity contribution in [1.29, 1.82) is 0 Å². The highest BCUT2D eigenvalue weighted by atomic mass is 35.5. The lowest BCUT2D eigenvalue weighted by atomic mass is 9.83. The average Bonchev–Trinajstić information content (AvgIpc) is 3.44. The highest BCUT2D eigenvalue weighted by Gasteiger charge is 2.41. The summed E-state index contributed by atoms with van der Waals surface area (Å²) in [7, 11) is 1.27. The Kier molecular flexibility index (Phi) is 8.48. The Morgan fingerprint density at radius 2 is 2.03 bits per heavy atom. The van der Waals surface area contributed by atoms with Gasteiger partial charge in [0.05, 0.1) is 36.7 Å². The van der Waals surface area contributed by atoms with Crippen molar-refractivity contribution < 1.29 is 33.3 Å². The maximum Gasteiger partial charge on any atom is 0.342 e. The number of carbonyl (C=O) groups is 2. The number of esters is 2. The third-order valence-electron chi connectivity index (χ3n) is 6.97. The first kappa shape index (κ1) is 27.5. The minimum Gasteiger partial charge on any atom is -0.465 e. The number of aliphatic hydroxyl groups excluding tert-OH is 1. The second-order valence-corrected chi connectivity index (χ2v) is 10.7. The molecule has 2 aliphatic heterocycles. The first-order valence-corrected chi connectivity index (χ1v) is 13.6. The van der Waals surface area contributed by atoms with Crippen LogP contribution in [0.4, 0.5) is 4.39 Å². The van der Waals surface area contributed by atoms with Gasteiger partial charge in [0, 0.05) is 42.2 Å². The summed E-state index contributed by atoms with van der Waals surface area (Å²) >= 11 is 7.76. The van der Waals surface area contributed by atoms with Crippen molar-refractivity contribution in [2.24, 2.45) is 5.92 Å². The molecule has 2 unspecified atom stereocenters. The number of fused-ring (bicyclic) bond motifs is 2. The Labute approximate surface area is 232 Å². The van der Waals surface area contributed by atoms with Crippen LogP contribution in [-0.4, -0.2) is 76.1 Å². The van der Waals surface area contributed by atoms with E-state index in [4.69, 9.17) is 35.9 Å². The van der Waals surface area contributed by atoms with Crippen LogP contribution in [0.5, 0.6) is 0 Å². The molecule has 206 valence electrons. The number of hydrogen-bond acceptors (Lipinski definition) is 11. The van der Waals surface area contributed by atoms with Crippen molar-refractivity contribution in [2.45, 2.75) is 37.9 Å². The van der Waals surface area contributed by atoms with Crippen LogP contribution in [0.2, 0.25) is 5.02 Å². The smallest absolute Gasteiger partial charge is 0.342 e. The number of piperidine rings is 1. The van der Waals surface area contributed by atoms with E-state index < -0.39 is 24.5 Å². The number of halogens is 2. The number of benzene rings is 1. The van der Waals surface area contributed by atoms with Crippen molar-refractivity contribution in [3.63, 3.8) is 0 Å². The van der Waals surface area contributed by atoms with Gasteiger partial charge in [0.25, 0.3) is 0 Å². The van der Waals surface area contributed by atoms with Gasteiger partial charge >= 0.3 is 11.9 Å². The number of rotatable bonds is 8. The van der Waals surface area contributed by atoms with E-state index in [1.807, 2.05) is 0 Å². The minimum atomic E-state index is -0.644. The average molecular weight is 577 g/mol. The van der Waals surface area contributed by atoms with E-state index in [-0.39, 0.29) is 47.2 Å². The van der Waals surface area contributed by atoms with E-state index in [1.165, 1.54) is 30.6 Å². The SMILES string of the molecule is COC(=O)c1c(CN2C3COC[C@H]2CC(CC(=O)OCO)C3)nc(-c2nccs2)nc1-c1ccc(F)cc1Cl. The zero-order valence-corrected chi connectivity index (χ0v) is 22.6. The van der Waals surface area contributed by atoms with Crippen LogP contribution in [0.25, 0.3) is 22.1 Å². The van der Waals surface area contributed by atoms with Crippen LogP contribution < -0.4 is 0 Å². The maximum atomic E-state index is 13.9. The van der Waals surface area contributed by atoms with Gasteiger partial charge in [-0.15, -0.1) is 11.3 Å². The fourth-order valence-electron chi connectivity index (χ4n) is 5.31. The maximum absolute atomic E-state index is 13.9. The summed E-state index contributed by atoms with van der Waals surface area (Å²) in [5.41, 5.74) is 1.15. The van der Waals surface area contributed by atoms with Crippen molar-refractivity contribution in [3.8, 4) is 22.1 Å². The first-order chi connectivity index (χ1) is 18.9. The summed E-state index contributed by atoms with van der Waals surface area (Å²) in [5, 5.41) is 11.3. The number of morpholine rings is 1. The predicted molar refractivity (Wildman–Crippen MR) is 139 cm³/mol. The van der Waals surface area contributed by atoms with Gasteiger partial charge in [-0.25, -0.2) is 24.1 Å². The van der Waals surface area contributed by atoms with Crippen LogP contribution >= 0.6 is 22.9 Å². The minimum absolute atomic E-state index is 0.0361. The van der Waals surface area contributed by atoms with Crippen molar-refractivity contribution in [3.05, 3.63) is 51.9 Å². The summed E-state index contributed by atoms with van der Waals surface area (Å²) < 4.78 is 29.6. The number of methoxy groups -OCH3 is 1. The third kappa shape index (κ3) is 5.94. The fourth-order valence-corrected chi connectivity index (χ4v) is 6.14. The normalized spacial score (nSPS) is 21.0. The molecule has 0 aliphatic carbocycles. The largest absolute Gasteiger partial charge is 0.465 e. The van der Waals surface area contributed by atoms with Crippen molar-refractivity contribution in [1.82, 2.24) is 19.9 Å². The van der Waals surface area contributed by atoms with E-state index in [1.54, 1.807) is 11.6 Å². The molecule has 5 rings (SSSR count). The predicted octanol–water partition coefficient (Wildman–Crippen LogP) is 3.71. The first-order valence-electron chi connectivity index (χ1n) is 12.3. The Bertz CT molecular complexity index is 1350. The quantitative estimate of drug-likeness (QED) is 0.313. The number of aliphatic hydroxyl groups is 1. The lowest BCUT2D eigenvalue weighted by molar-refractivity contribution is -0.155. The molecule has 39 heavy (non-hydrogen) atoms. The summed E-state index contributed by atoms with van der Waals surface area (Å²) in [5.74, 6) is -1.21. The number of thiazole rings is 1. The molecule has 2 bridgehead atoms. The highest BCUT2D eigenvalue weighted by Crippen LogP contribution is 2.37. The van der Waals surface area contributed by atoms with Crippen LogP contribution in [0.3, 0.4) is 0 Å². The van der Waals surface area contributed by atoms with Crippen molar-refractivity contribution >= 4 is 34.9 Å². The molecule has 0 spiro atoms. The monoisotopic (exact) mass is 576 g/mol. The van der Waals surface area contributed by atoms with Gasteiger partial charge in [-0.2, -0.15) is 0 Å². The van der Waals surface area contributed by atoms with Gasteiger partial charge in [-0.05, 0) is 37.0 Å². The molecule has 1 aromatic carbocycles.